The Balaban J connectivity index is 0.000000180. The molecule has 0 saturated heterocycles. The smallest absolute Gasteiger partial charge is 0.0896 e. The maximum absolute atomic E-state index is 5.83. The molecule has 0 spiro atoms. The van der Waals surface area contributed by atoms with Gasteiger partial charge in [-0.2, -0.15) is 6.07 Å². The maximum atomic E-state index is 5.83. The summed E-state index contributed by atoms with van der Waals surface area (Å²) in [5.41, 5.74) is 13.3. The van der Waals surface area contributed by atoms with Crippen molar-refractivity contribution < 1.29 is 22.4 Å². The van der Waals surface area contributed by atoms with Crippen molar-refractivity contribution in [3.8, 4) is 33.6 Å². The van der Waals surface area contributed by atoms with E-state index >= 15 is 0 Å². The summed E-state index contributed by atoms with van der Waals surface area (Å²) in [5.74, 6) is 1.88. The number of benzene rings is 4. The van der Waals surface area contributed by atoms with Gasteiger partial charge in [0, 0.05) is 0 Å². The summed E-state index contributed by atoms with van der Waals surface area (Å²) >= 11 is -1.65. The van der Waals surface area contributed by atoms with Crippen LogP contribution in [0.25, 0.3) is 55.1 Å². The molecule has 0 atom stereocenters. The van der Waals surface area contributed by atoms with Crippen LogP contribution < -0.4 is 0 Å². The monoisotopic (exact) mass is 834 g/mol. The molecule has 7 aromatic rings. The quantitative estimate of drug-likeness (QED) is 0.128. The summed E-state index contributed by atoms with van der Waals surface area (Å²) in [7, 11) is 11.2. The molecule has 53 heavy (non-hydrogen) atoms. The normalized spacial score (nSPS) is 11.6. The third-order valence-corrected chi connectivity index (χ3v) is 29.6. The Bertz CT molecular complexity index is 2350. The molecule has 0 unspecified atom stereocenters. The van der Waals surface area contributed by atoms with Crippen molar-refractivity contribution in [2.75, 3.05) is 0 Å². The molecule has 6 aromatic carbocycles. The van der Waals surface area contributed by atoms with Crippen molar-refractivity contribution in [2.45, 2.75) is 93.2 Å². The summed E-state index contributed by atoms with van der Waals surface area (Å²) in [6.45, 7) is 26.4. The number of furan rings is 1. The predicted octanol–water partition coefficient (Wildman–Crippen LogP) is 15.7. The van der Waals surface area contributed by atoms with Crippen LogP contribution in [0, 0.1) is 27.7 Å². The van der Waals surface area contributed by atoms with Gasteiger partial charge in [0.2, 0.25) is 0 Å². The van der Waals surface area contributed by atoms with Crippen LogP contribution in [0.4, 0.5) is 0 Å². The van der Waals surface area contributed by atoms with Crippen LogP contribution in [0.5, 0.6) is 0 Å². The van der Waals surface area contributed by atoms with E-state index in [-0.39, 0.29) is 16.3 Å². The zero-order valence-corrected chi connectivity index (χ0v) is 38.5. The Labute approximate surface area is 333 Å². The van der Waals surface area contributed by atoms with Crippen LogP contribution >= 0.6 is 17.0 Å². The van der Waals surface area contributed by atoms with E-state index < -0.39 is 18.0 Å². The Morgan fingerprint density at radius 3 is 1.40 bits per heavy atom. The van der Waals surface area contributed by atoms with Gasteiger partial charge >= 0.3 is 53.5 Å². The van der Waals surface area contributed by atoms with Crippen molar-refractivity contribution in [3.63, 3.8) is 0 Å². The Morgan fingerprint density at radius 2 is 1.00 bits per heavy atom. The van der Waals surface area contributed by atoms with E-state index in [1.165, 1.54) is 71.6 Å². The average Bonchev–Trinajstić information content (AvgIpc) is 3.82. The molecule has 7 rings (SSSR count). The van der Waals surface area contributed by atoms with Gasteiger partial charge in [-0.1, -0.05) is 125 Å². The molecule has 0 saturated carbocycles. The van der Waals surface area contributed by atoms with Gasteiger partial charge in [0.05, 0.1) is 11.5 Å². The molecule has 1 heterocycles. The first-order valence-corrected chi connectivity index (χ1v) is 31.0. The minimum atomic E-state index is -1.65. The van der Waals surface area contributed by atoms with Crippen molar-refractivity contribution >= 4 is 44.0 Å². The summed E-state index contributed by atoms with van der Waals surface area (Å²) in [5, 5.41) is 5.26. The van der Waals surface area contributed by atoms with Gasteiger partial charge in [-0.15, -0.1) is 63.5 Å². The van der Waals surface area contributed by atoms with Crippen molar-refractivity contribution in [3.05, 3.63) is 143 Å². The van der Waals surface area contributed by atoms with Crippen LogP contribution in [0.15, 0.2) is 114 Å². The zero-order valence-electron chi connectivity index (χ0n) is 33.6. The van der Waals surface area contributed by atoms with Gasteiger partial charge in [-0.3, -0.25) is 0 Å². The molecular weight excluding hydrogens is 783 g/mol. The minimum Gasteiger partial charge on any atom is -0.496 e. The van der Waals surface area contributed by atoms with Crippen LogP contribution in [0.3, 0.4) is 0 Å². The van der Waals surface area contributed by atoms with Crippen LogP contribution in [0.1, 0.15) is 75.1 Å². The van der Waals surface area contributed by atoms with Gasteiger partial charge in [0.1, 0.15) is 0 Å². The van der Waals surface area contributed by atoms with Crippen molar-refractivity contribution in [1.29, 1.82) is 0 Å². The second-order valence-corrected chi connectivity index (χ2v) is 39.6. The van der Waals surface area contributed by atoms with Crippen LogP contribution in [-0.4, -0.2) is 5.43 Å². The van der Waals surface area contributed by atoms with E-state index in [1.54, 1.807) is 0 Å². The maximum Gasteiger partial charge on any atom is 0.0896 e. The van der Waals surface area contributed by atoms with E-state index in [0.717, 1.165) is 17.1 Å². The SMILES string of the molecule is C[Si](C)=[Zr]([Cl])[Cl].Cc1cc2c(-c3ccc(C(C)(C)C)cc3)c(C)ccc2[cH-]1.Cc1ccc(-c2cc3c(-c4ccc(C(C)(C)C)cc4)c(C)ccc3[cH-]2)o1. The first-order chi connectivity index (χ1) is 24.8. The second-order valence-electron chi connectivity index (χ2n) is 16.6. The summed E-state index contributed by atoms with van der Waals surface area (Å²) in [6, 6.07) is 40.1. The molecular formula is C48H54Cl2OSiZr-2. The molecule has 0 radical (unpaired) electrons. The number of hydrogen-bond acceptors (Lipinski definition) is 1. The summed E-state index contributed by atoms with van der Waals surface area (Å²) in [4.78, 5) is 0. The topological polar surface area (TPSA) is 13.1 Å². The number of fused-ring (bicyclic) bond motifs is 2. The molecule has 1 aromatic heterocycles. The van der Waals surface area contributed by atoms with E-state index in [0.29, 0.717) is 0 Å². The zero-order chi connectivity index (χ0) is 38.8. The van der Waals surface area contributed by atoms with Gasteiger partial charge in [0.15, 0.2) is 0 Å². The van der Waals surface area contributed by atoms with Crippen molar-refractivity contribution in [1.82, 2.24) is 0 Å². The third-order valence-electron chi connectivity index (χ3n) is 9.82. The third kappa shape index (κ3) is 10.0. The van der Waals surface area contributed by atoms with Crippen LogP contribution in [-0.2, 0) is 28.8 Å². The minimum absolute atomic E-state index is 0.171. The summed E-state index contributed by atoms with van der Waals surface area (Å²) < 4.78 is 5.83. The number of aryl methyl sites for hydroxylation is 4. The Morgan fingerprint density at radius 1 is 0.566 bits per heavy atom. The molecule has 0 aliphatic heterocycles. The first-order valence-electron chi connectivity index (χ1n) is 18.5. The molecule has 276 valence electrons. The molecule has 0 bridgehead atoms. The van der Waals surface area contributed by atoms with Gasteiger partial charge in [-0.25, -0.2) is 0 Å². The molecule has 0 fully saturated rings. The fraction of sp³-hybridized carbons (Fsp3) is 0.292. The van der Waals surface area contributed by atoms with Crippen LogP contribution in [0.2, 0.25) is 13.1 Å². The average molecular weight is 837 g/mol. The number of rotatable bonds is 3. The fourth-order valence-corrected chi connectivity index (χ4v) is 6.70. The molecule has 1 nitrogen and oxygen atoms in total. The molecule has 0 N–H and O–H groups in total. The Kier molecular flexibility index (Phi) is 13.1. The van der Waals surface area contributed by atoms with E-state index in [1.807, 2.05) is 19.1 Å². The Hall–Kier alpha value is -2.94. The van der Waals surface area contributed by atoms with Crippen molar-refractivity contribution in [2.24, 2.45) is 0 Å². The number of hydrogen-bond donors (Lipinski definition) is 0. The molecule has 0 aliphatic rings. The summed E-state index contributed by atoms with van der Waals surface area (Å²) in [6.07, 6.45) is 0. The number of halogens is 2. The predicted molar refractivity (Wildman–Crippen MR) is 233 cm³/mol. The van der Waals surface area contributed by atoms with Gasteiger partial charge in [-0.05, 0) is 71.6 Å². The largest absolute Gasteiger partial charge is 0.496 e. The molecule has 5 heteroatoms. The van der Waals surface area contributed by atoms with Gasteiger partial charge in [0.25, 0.3) is 0 Å². The standard InChI is InChI=1S/C25H25O.C21H23.C2H6Si.2ClH.Zr/c1-16-6-8-19-14-20(23-13-7-17(2)26-23)15-22(19)24(16)18-9-11-21(12-10-18)25(3,4)5;1-14-12-17-7-6-15(2)20(19(17)13-14)16-8-10-18(11-9-16)21(3,4)5;1-3-2;;;/h6-15H,1-5H3;6-13H,1-5H3;1-2H3;2*1H;/q2*-1;;;;+2/p-2. The van der Waals surface area contributed by atoms with Gasteiger partial charge < -0.3 is 4.42 Å². The molecule has 0 aliphatic carbocycles. The second kappa shape index (κ2) is 16.8. The molecule has 0 amide bonds. The van der Waals surface area contributed by atoms with E-state index in [4.69, 9.17) is 21.4 Å². The fourth-order valence-electron chi connectivity index (χ4n) is 6.70. The van der Waals surface area contributed by atoms with E-state index in [2.05, 4.69) is 172 Å². The first kappa shape index (κ1) is 41.2. The van der Waals surface area contributed by atoms with E-state index in [9.17, 15) is 0 Å².